The lowest BCUT2D eigenvalue weighted by molar-refractivity contribution is -0.141. The van der Waals surface area contributed by atoms with Gasteiger partial charge in [0.15, 0.2) is 0 Å². The van der Waals surface area contributed by atoms with Gasteiger partial charge in [0.2, 0.25) is 11.8 Å². The molecule has 3 aromatic rings. The molecule has 5 heteroatoms. The molecule has 0 aromatic heterocycles. The van der Waals surface area contributed by atoms with Gasteiger partial charge in [-0.25, -0.2) is 0 Å². The van der Waals surface area contributed by atoms with E-state index in [0.29, 0.717) is 13.0 Å². The highest BCUT2D eigenvalue weighted by Gasteiger charge is 2.32. The van der Waals surface area contributed by atoms with Crippen molar-refractivity contribution < 1.29 is 9.59 Å². The summed E-state index contributed by atoms with van der Waals surface area (Å²) in [7, 11) is 0. The topological polar surface area (TPSA) is 49.4 Å². The van der Waals surface area contributed by atoms with Gasteiger partial charge in [0.05, 0.1) is 6.42 Å². The van der Waals surface area contributed by atoms with Crippen LogP contribution in [0.2, 0.25) is 0 Å². The summed E-state index contributed by atoms with van der Waals surface area (Å²) in [5.41, 5.74) is 5.27. The van der Waals surface area contributed by atoms with Crippen LogP contribution in [0, 0.1) is 13.8 Å². The predicted octanol–water partition coefficient (Wildman–Crippen LogP) is 6.31. The molecule has 2 amide bonds. The van der Waals surface area contributed by atoms with Gasteiger partial charge in [-0.3, -0.25) is 9.59 Å². The molecule has 1 N–H and O–H groups in total. The number of rotatable bonds is 9. The first-order valence-corrected chi connectivity index (χ1v) is 13.6. The Morgan fingerprint density at radius 1 is 0.944 bits per heavy atom. The number of carbonyl (C=O) groups excluding carboxylic acids is 2. The van der Waals surface area contributed by atoms with Gasteiger partial charge in [-0.05, 0) is 61.1 Å². The van der Waals surface area contributed by atoms with E-state index in [1.165, 1.54) is 0 Å². The molecule has 0 heterocycles. The maximum absolute atomic E-state index is 14.0. The smallest absolute Gasteiger partial charge is 0.243 e. The third-order valence-corrected chi connectivity index (χ3v) is 7.61. The second kappa shape index (κ2) is 12.4. The summed E-state index contributed by atoms with van der Waals surface area (Å²) in [6.07, 6.45) is 5.05. The van der Waals surface area contributed by atoms with E-state index in [4.69, 9.17) is 0 Å². The average Bonchev–Trinajstić information content (AvgIpc) is 3.38. The number of halogens is 1. The molecule has 1 saturated carbocycles. The minimum absolute atomic E-state index is 0.0332. The van der Waals surface area contributed by atoms with Crippen molar-refractivity contribution in [2.75, 3.05) is 0 Å². The van der Waals surface area contributed by atoms with Crippen LogP contribution in [0.25, 0.3) is 0 Å². The van der Waals surface area contributed by atoms with Crippen molar-refractivity contribution in [3.8, 4) is 0 Å². The van der Waals surface area contributed by atoms with E-state index < -0.39 is 6.04 Å². The molecule has 3 aromatic carbocycles. The molecule has 36 heavy (non-hydrogen) atoms. The number of amides is 2. The molecule has 0 bridgehead atoms. The second-order valence-corrected chi connectivity index (χ2v) is 10.9. The molecule has 4 nitrogen and oxygen atoms in total. The van der Waals surface area contributed by atoms with Crippen LogP contribution in [0.1, 0.15) is 53.5 Å². The summed E-state index contributed by atoms with van der Waals surface area (Å²) >= 11 is 3.50. The normalized spacial score (nSPS) is 14.4. The summed E-state index contributed by atoms with van der Waals surface area (Å²) in [4.78, 5) is 29.5. The molecule has 188 valence electrons. The predicted molar refractivity (Wildman–Crippen MR) is 149 cm³/mol. The van der Waals surface area contributed by atoms with Crippen molar-refractivity contribution in [1.82, 2.24) is 10.2 Å². The highest BCUT2D eigenvalue weighted by Crippen LogP contribution is 2.22. The van der Waals surface area contributed by atoms with Crippen molar-refractivity contribution in [2.24, 2.45) is 0 Å². The standard InChI is InChI=1S/C31H35BrN2O2/c1-22-12-13-23(2)26(18-22)20-30(35)34(21-25-14-16-27(32)17-15-25)29(19-24-8-4-3-5-9-24)31(36)33-28-10-6-7-11-28/h3-5,8-9,12-18,28-29H,6-7,10-11,19-21H2,1-2H3,(H,33,36)/t29-/m1/s1. The minimum Gasteiger partial charge on any atom is -0.352 e. The Hall–Kier alpha value is -2.92. The lowest BCUT2D eigenvalue weighted by Gasteiger charge is -2.32. The van der Waals surface area contributed by atoms with E-state index in [2.05, 4.69) is 39.4 Å². The molecule has 0 aliphatic heterocycles. The number of nitrogens with one attached hydrogen (secondary N) is 1. The maximum atomic E-state index is 14.0. The van der Waals surface area contributed by atoms with Crippen molar-refractivity contribution in [1.29, 1.82) is 0 Å². The number of hydrogen-bond donors (Lipinski definition) is 1. The quantitative estimate of drug-likeness (QED) is 0.342. The number of aryl methyl sites for hydroxylation is 2. The number of carbonyl (C=O) groups is 2. The van der Waals surface area contributed by atoms with Gasteiger partial charge in [-0.1, -0.05) is 95.0 Å². The second-order valence-electron chi connectivity index (χ2n) is 9.95. The highest BCUT2D eigenvalue weighted by molar-refractivity contribution is 9.10. The summed E-state index contributed by atoms with van der Waals surface area (Å²) in [5, 5.41) is 3.27. The van der Waals surface area contributed by atoms with E-state index in [1.54, 1.807) is 4.90 Å². The number of hydrogen-bond acceptors (Lipinski definition) is 2. The molecule has 1 atom stereocenters. The fraction of sp³-hybridized carbons (Fsp3) is 0.355. The first-order valence-electron chi connectivity index (χ1n) is 12.8. The summed E-state index contributed by atoms with van der Waals surface area (Å²) in [6, 6.07) is 23.8. The van der Waals surface area contributed by atoms with Crippen LogP contribution in [-0.2, 0) is 29.0 Å². The molecule has 0 unspecified atom stereocenters. The Morgan fingerprint density at radius 3 is 2.33 bits per heavy atom. The summed E-state index contributed by atoms with van der Waals surface area (Å²) in [5.74, 6) is -0.0914. The molecule has 0 radical (unpaired) electrons. The Kier molecular flexibility index (Phi) is 8.98. The van der Waals surface area contributed by atoms with Gasteiger partial charge >= 0.3 is 0 Å². The SMILES string of the molecule is Cc1ccc(C)c(CC(=O)N(Cc2ccc(Br)cc2)[C@H](Cc2ccccc2)C(=O)NC2CCCC2)c1. The van der Waals surface area contributed by atoms with E-state index in [1.807, 2.05) is 68.4 Å². The van der Waals surface area contributed by atoms with Crippen LogP contribution < -0.4 is 5.32 Å². The number of nitrogens with zero attached hydrogens (tertiary/aromatic N) is 1. The Morgan fingerprint density at radius 2 is 1.64 bits per heavy atom. The zero-order valence-electron chi connectivity index (χ0n) is 21.2. The van der Waals surface area contributed by atoms with Crippen LogP contribution in [0.15, 0.2) is 77.3 Å². The average molecular weight is 548 g/mol. The summed E-state index contributed by atoms with van der Waals surface area (Å²) < 4.78 is 0.985. The monoisotopic (exact) mass is 546 g/mol. The van der Waals surface area contributed by atoms with Crippen molar-refractivity contribution in [3.05, 3.63) is 105 Å². The van der Waals surface area contributed by atoms with Crippen LogP contribution in [0.5, 0.6) is 0 Å². The van der Waals surface area contributed by atoms with Crippen molar-refractivity contribution in [2.45, 2.75) is 71.0 Å². The van der Waals surface area contributed by atoms with Crippen molar-refractivity contribution in [3.63, 3.8) is 0 Å². The van der Waals surface area contributed by atoms with Gasteiger partial charge in [0.1, 0.15) is 6.04 Å². The summed E-state index contributed by atoms with van der Waals surface area (Å²) in [6.45, 7) is 4.46. The van der Waals surface area contributed by atoms with Gasteiger partial charge in [0, 0.05) is 23.5 Å². The molecule has 1 aliphatic rings. The van der Waals surface area contributed by atoms with Gasteiger partial charge in [-0.2, -0.15) is 0 Å². The van der Waals surface area contributed by atoms with E-state index >= 15 is 0 Å². The van der Waals surface area contributed by atoms with Crippen molar-refractivity contribution >= 4 is 27.7 Å². The first-order chi connectivity index (χ1) is 17.4. The van der Waals surface area contributed by atoms with Crippen LogP contribution in [-0.4, -0.2) is 28.8 Å². The molecule has 0 saturated heterocycles. The minimum atomic E-state index is -0.589. The zero-order valence-corrected chi connectivity index (χ0v) is 22.8. The van der Waals surface area contributed by atoms with E-state index in [9.17, 15) is 9.59 Å². The van der Waals surface area contributed by atoms with E-state index in [-0.39, 0.29) is 24.3 Å². The van der Waals surface area contributed by atoms with E-state index in [0.717, 1.165) is 58.0 Å². The van der Waals surface area contributed by atoms with Crippen LogP contribution in [0.4, 0.5) is 0 Å². The molecular formula is C31H35BrN2O2. The van der Waals surface area contributed by atoms with Crippen LogP contribution >= 0.6 is 15.9 Å². The lowest BCUT2D eigenvalue weighted by atomic mass is 9.99. The fourth-order valence-electron chi connectivity index (χ4n) is 4.96. The molecule has 1 aliphatic carbocycles. The third-order valence-electron chi connectivity index (χ3n) is 7.09. The fourth-order valence-corrected chi connectivity index (χ4v) is 5.23. The Balaban J connectivity index is 1.67. The van der Waals surface area contributed by atoms with Gasteiger partial charge in [-0.15, -0.1) is 0 Å². The number of benzene rings is 3. The lowest BCUT2D eigenvalue weighted by Crippen LogP contribution is -2.52. The third kappa shape index (κ3) is 7.07. The molecule has 1 fully saturated rings. The Labute approximate surface area is 223 Å². The molecular weight excluding hydrogens is 512 g/mol. The van der Waals surface area contributed by atoms with Crippen LogP contribution in [0.3, 0.4) is 0 Å². The molecule has 4 rings (SSSR count). The Bertz CT molecular complexity index is 1170. The zero-order chi connectivity index (χ0) is 25.5. The highest BCUT2D eigenvalue weighted by atomic mass is 79.9. The first kappa shape index (κ1) is 26.2. The van der Waals surface area contributed by atoms with Gasteiger partial charge < -0.3 is 10.2 Å². The molecule has 0 spiro atoms. The largest absolute Gasteiger partial charge is 0.352 e. The maximum Gasteiger partial charge on any atom is 0.243 e. The van der Waals surface area contributed by atoms with Gasteiger partial charge in [0.25, 0.3) is 0 Å².